The molecule has 6 fully saturated rings. The Kier molecular flexibility index (Phi) is 17.3. The molecule has 1 N–H and O–H groups in total. The zero-order valence-corrected chi connectivity index (χ0v) is 45.7. The fourth-order valence-electron chi connectivity index (χ4n) is 11.2. The SMILES string of the molecule is O=C(Cl)c1cscn1.O=C(N1CCOCC1)N1C2CCC1CC(c1cc(CCc3ccc(Cl)s3)[nH]n1)C2.O=C(N1CCOCC1)N1C2CCC1CC(c1cc(CCc3ccc(Cl)s3)n(C(=O)c3cscn3)n1)C2. The van der Waals surface area contributed by atoms with E-state index in [0.29, 0.717) is 75.3 Å². The molecule has 4 unspecified atom stereocenters. The number of ether oxygens (including phenoxy) is 2. The molecule has 4 bridgehead atoms. The number of thiophene rings is 2. The minimum absolute atomic E-state index is 0.156. The first-order valence-corrected chi connectivity index (χ1v) is 29.6. The summed E-state index contributed by atoms with van der Waals surface area (Å²) in [6, 6.07) is 13.9. The Morgan fingerprint density at radius 1 is 0.630 bits per heavy atom. The van der Waals surface area contributed by atoms with Crippen LogP contribution < -0.4 is 0 Å². The molecule has 0 saturated carbocycles. The lowest BCUT2D eigenvalue weighted by atomic mass is 9.88. The summed E-state index contributed by atoms with van der Waals surface area (Å²) in [5.74, 6) is 0.489. The smallest absolute Gasteiger partial charge is 0.320 e. The van der Waals surface area contributed by atoms with E-state index in [1.54, 1.807) is 49.1 Å². The Morgan fingerprint density at radius 2 is 1.12 bits per heavy atom. The van der Waals surface area contributed by atoms with Crippen LogP contribution in [0.25, 0.3) is 0 Å². The third-order valence-electron chi connectivity index (χ3n) is 14.8. The highest BCUT2D eigenvalue weighted by Crippen LogP contribution is 2.45. The van der Waals surface area contributed by atoms with Gasteiger partial charge in [-0.25, -0.2) is 19.6 Å². The number of aromatic nitrogens is 6. The van der Waals surface area contributed by atoms with Gasteiger partial charge in [-0.3, -0.25) is 14.7 Å². The maximum absolute atomic E-state index is 13.3. The number of nitrogens with zero attached hydrogens (tertiary/aromatic N) is 9. The van der Waals surface area contributed by atoms with E-state index in [1.165, 1.54) is 43.8 Å². The van der Waals surface area contributed by atoms with Crippen LogP contribution in [0.1, 0.15) is 117 Å². The maximum Gasteiger partial charge on any atom is 0.320 e. The second-order valence-corrected chi connectivity index (χ2v) is 24.6. The molecule has 73 heavy (non-hydrogen) atoms. The molecule has 6 aliphatic rings. The van der Waals surface area contributed by atoms with E-state index in [4.69, 9.17) is 49.4 Å². The topological polar surface area (TPSA) is 172 Å². The minimum Gasteiger partial charge on any atom is -0.378 e. The van der Waals surface area contributed by atoms with Gasteiger partial charge in [-0.15, -0.1) is 45.3 Å². The number of fused-ring (bicyclic) bond motifs is 4. The van der Waals surface area contributed by atoms with E-state index in [1.807, 2.05) is 28.0 Å². The van der Waals surface area contributed by atoms with Gasteiger partial charge in [-0.1, -0.05) is 23.2 Å². The van der Waals surface area contributed by atoms with E-state index < -0.39 is 5.24 Å². The van der Waals surface area contributed by atoms with Gasteiger partial charge in [-0.2, -0.15) is 14.9 Å². The molecule has 388 valence electrons. The standard InChI is InChI=1S/C25H28ClN5O3S2.C21H27ClN4O2S.C4H2ClNOS/c26-23-6-5-20(36-23)4-3-19-13-21(28-31(19)24(32)22-14-35-15-27-22)16-11-17-1-2-18(12-16)30(17)25(33)29-7-9-34-10-8-29;22-20-6-5-18(29-20)4-1-15-13-19(24-23-15)14-11-16-2-3-17(12-14)26(16)21(27)25-7-9-28-10-8-25;5-4(7)3-1-8-2-6-3/h5-6,13-18H,1-4,7-12H2;5-6,13-14,16-17H,1-4,7-12H2,(H,23,24);1-2H. The average molecular weight is 1130 g/mol. The van der Waals surface area contributed by atoms with Gasteiger partial charge in [0.1, 0.15) is 11.4 Å². The Balaban J connectivity index is 0.000000148. The number of halogens is 3. The highest BCUT2D eigenvalue weighted by molar-refractivity contribution is 7.16. The molecule has 12 rings (SSSR count). The number of H-pyrrole nitrogens is 1. The number of rotatable bonds is 10. The molecule has 6 saturated heterocycles. The number of aryl methyl sites for hydroxylation is 4. The van der Waals surface area contributed by atoms with Crippen molar-refractivity contribution in [2.24, 2.45) is 0 Å². The van der Waals surface area contributed by atoms with E-state index >= 15 is 0 Å². The summed E-state index contributed by atoms with van der Waals surface area (Å²) in [4.78, 5) is 68.4. The van der Waals surface area contributed by atoms with Crippen LogP contribution in [0, 0.1) is 0 Å². The summed E-state index contributed by atoms with van der Waals surface area (Å²) >= 11 is 23.2. The largest absolute Gasteiger partial charge is 0.378 e. The number of aromatic amines is 1. The second-order valence-electron chi connectivity index (χ2n) is 19.2. The van der Waals surface area contributed by atoms with Crippen molar-refractivity contribution in [1.29, 1.82) is 0 Å². The minimum atomic E-state index is -0.494. The summed E-state index contributed by atoms with van der Waals surface area (Å²) in [5, 5.41) is 15.6. The van der Waals surface area contributed by atoms with Crippen LogP contribution in [0.2, 0.25) is 8.67 Å². The summed E-state index contributed by atoms with van der Waals surface area (Å²) < 4.78 is 14.0. The Hall–Kier alpha value is -4.25. The number of hydrogen-bond acceptors (Lipinski definition) is 14. The average Bonchev–Trinajstić information content (AvgIpc) is 4.28. The Bertz CT molecular complexity index is 2780. The molecule has 6 aromatic rings. The number of nitrogens with one attached hydrogen (secondary N) is 1. The number of carbonyl (C=O) groups is 4. The van der Waals surface area contributed by atoms with Crippen molar-refractivity contribution in [2.75, 3.05) is 52.6 Å². The fraction of sp³-hybridized carbons (Fsp3) is 0.520. The molecular formula is C50H57Cl3N10O6S4. The lowest BCUT2D eigenvalue weighted by Crippen LogP contribution is -2.54. The van der Waals surface area contributed by atoms with Gasteiger partial charge in [0.2, 0.25) is 0 Å². The van der Waals surface area contributed by atoms with E-state index in [0.717, 1.165) is 104 Å². The quantitative estimate of drug-likeness (QED) is 0.130. The van der Waals surface area contributed by atoms with Crippen molar-refractivity contribution in [3.63, 3.8) is 0 Å². The molecule has 0 aliphatic carbocycles. The first-order valence-electron chi connectivity index (χ1n) is 25.0. The number of thiazole rings is 2. The number of morpholine rings is 2. The molecule has 6 aromatic heterocycles. The van der Waals surface area contributed by atoms with Crippen LogP contribution in [0.5, 0.6) is 0 Å². The second kappa shape index (κ2) is 24.2. The predicted molar refractivity (Wildman–Crippen MR) is 285 cm³/mol. The highest BCUT2D eigenvalue weighted by atomic mass is 35.5. The summed E-state index contributed by atoms with van der Waals surface area (Å²) in [7, 11) is 0. The molecule has 16 nitrogen and oxygen atoms in total. The number of piperidine rings is 2. The number of carbonyl (C=O) groups excluding carboxylic acids is 4. The van der Waals surface area contributed by atoms with E-state index in [-0.39, 0.29) is 36.0 Å². The van der Waals surface area contributed by atoms with Gasteiger partial charge < -0.3 is 29.1 Å². The van der Waals surface area contributed by atoms with Gasteiger partial charge in [-0.05, 0) is 125 Å². The zero-order chi connectivity index (χ0) is 50.4. The molecule has 4 atom stereocenters. The molecule has 0 radical (unpaired) electrons. The molecule has 0 aromatic carbocycles. The van der Waals surface area contributed by atoms with Gasteiger partial charge in [0.15, 0.2) is 0 Å². The maximum atomic E-state index is 13.3. The van der Waals surface area contributed by atoms with E-state index in [2.05, 4.69) is 48.2 Å². The number of urea groups is 2. The van der Waals surface area contributed by atoms with Crippen molar-refractivity contribution in [1.82, 2.24) is 49.5 Å². The third-order valence-corrected chi connectivity index (χ3v) is 18.7. The summed E-state index contributed by atoms with van der Waals surface area (Å²) in [6.45, 7) is 5.31. The summed E-state index contributed by atoms with van der Waals surface area (Å²) in [5.41, 5.74) is 8.18. The first-order chi connectivity index (χ1) is 35.5. The summed E-state index contributed by atoms with van der Waals surface area (Å²) in [6.07, 6.45) is 11.5. The monoisotopic (exact) mass is 1130 g/mol. The molecule has 12 heterocycles. The van der Waals surface area contributed by atoms with Crippen LogP contribution in [-0.4, -0.2) is 150 Å². The number of hydrogen-bond donors (Lipinski definition) is 1. The van der Waals surface area contributed by atoms with Crippen molar-refractivity contribution < 1.29 is 28.7 Å². The molecule has 6 aliphatic heterocycles. The van der Waals surface area contributed by atoms with Crippen LogP contribution in [0.3, 0.4) is 0 Å². The van der Waals surface area contributed by atoms with E-state index in [9.17, 15) is 19.2 Å². The lowest BCUT2D eigenvalue weighted by molar-refractivity contribution is 0.0330. The Morgan fingerprint density at radius 3 is 1.58 bits per heavy atom. The predicted octanol–water partition coefficient (Wildman–Crippen LogP) is 10.3. The molecule has 0 spiro atoms. The zero-order valence-electron chi connectivity index (χ0n) is 40.1. The third kappa shape index (κ3) is 12.6. The molecule has 23 heteroatoms. The van der Waals surface area contributed by atoms with Crippen molar-refractivity contribution >= 4 is 103 Å². The van der Waals surface area contributed by atoms with Crippen LogP contribution in [0.15, 0.2) is 58.2 Å². The van der Waals surface area contributed by atoms with Crippen LogP contribution in [-0.2, 0) is 35.2 Å². The Labute approximate surface area is 454 Å². The highest BCUT2D eigenvalue weighted by Gasteiger charge is 2.47. The van der Waals surface area contributed by atoms with Crippen molar-refractivity contribution in [2.45, 2.75) is 113 Å². The number of amides is 4. The van der Waals surface area contributed by atoms with Crippen LogP contribution in [0.4, 0.5) is 9.59 Å². The molecule has 4 amide bonds. The van der Waals surface area contributed by atoms with Gasteiger partial charge in [0, 0.05) is 94.1 Å². The fourth-order valence-corrected chi connectivity index (χ4v) is 14.6. The van der Waals surface area contributed by atoms with Gasteiger partial charge >= 0.3 is 12.1 Å². The normalized spacial score (nSPS) is 23.4. The lowest BCUT2D eigenvalue weighted by Gasteiger charge is -2.42. The van der Waals surface area contributed by atoms with Gasteiger partial charge in [0.25, 0.3) is 11.1 Å². The van der Waals surface area contributed by atoms with Crippen molar-refractivity contribution in [3.8, 4) is 0 Å². The first kappa shape index (κ1) is 52.2. The van der Waals surface area contributed by atoms with Crippen LogP contribution >= 0.6 is 80.1 Å². The molecular weight excluding hydrogens is 1070 g/mol. The van der Waals surface area contributed by atoms with Crippen molar-refractivity contribution in [3.05, 3.63) is 111 Å². The van der Waals surface area contributed by atoms with Gasteiger partial charge in [0.05, 0.1) is 57.5 Å².